The number of amides is 1. The standard InChI is InChI=1S/C20H17N3O5/c1-13(24)14-6-2-5-9-17(14)22-18(25)11-28-19(26)10-23-12-21-16-8-4-3-7-15(16)20(23)27/h2-9,12H,10-11H2,1H3,(H,22,25). The summed E-state index contributed by atoms with van der Waals surface area (Å²) in [4.78, 5) is 52.0. The summed E-state index contributed by atoms with van der Waals surface area (Å²) in [6.45, 7) is 0.481. The van der Waals surface area contributed by atoms with E-state index in [4.69, 9.17) is 4.74 Å². The molecule has 3 aromatic rings. The van der Waals surface area contributed by atoms with Crippen molar-refractivity contribution in [3.05, 3.63) is 70.8 Å². The highest BCUT2D eigenvalue weighted by atomic mass is 16.5. The number of para-hydroxylation sites is 2. The number of ketones is 1. The lowest BCUT2D eigenvalue weighted by molar-refractivity contribution is -0.147. The number of carbonyl (C=O) groups excluding carboxylic acids is 3. The molecular formula is C20H17N3O5. The van der Waals surface area contributed by atoms with Crippen LogP contribution in [0.1, 0.15) is 17.3 Å². The molecule has 0 fully saturated rings. The summed E-state index contributed by atoms with van der Waals surface area (Å²) in [5.74, 6) is -1.55. The van der Waals surface area contributed by atoms with Crippen molar-refractivity contribution in [1.29, 1.82) is 0 Å². The number of aromatic nitrogens is 2. The van der Waals surface area contributed by atoms with Crippen LogP contribution in [-0.2, 0) is 20.9 Å². The zero-order valence-electron chi connectivity index (χ0n) is 15.0. The molecule has 1 heterocycles. The summed E-state index contributed by atoms with van der Waals surface area (Å²) in [6.07, 6.45) is 1.26. The quantitative estimate of drug-likeness (QED) is 0.517. The van der Waals surface area contributed by atoms with Gasteiger partial charge in [0.15, 0.2) is 12.4 Å². The van der Waals surface area contributed by atoms with Gasteiger partial charge in [0.05, 0.1) is 22.9 Å². The molecule has 1 amide bonds. The predicted molar refractivity (Wildman–Crippen MR) is 102 cm³/mol. The van der Waals surface area contributed by atoms with Gasteiger partial charge in [0, 0.05) is 5.56 Å². The van der Waals surface area contributed by atoms with Gasteiger partial charge in [-0.25, -0.2) is 4.98 Å². The number of rotatable bonds is 6. The second-order valence-corrected chi connectivity index (χ2v) is 6.01. The zero-order chi connectivity index (χ0) is 20.1. The molecule has 0 radical (unpaired) electrons. The largest absolute Gasteiger partial charge is 0.454 e. The Kier molecular flexibility index (Phi) is 5.59. The van der Waals surface area contributed by atoms with Crippen LogP contribution in [-0.4, -0.2) is 33.8 Å². The fourth-order valence-electron chi connectivity index (χ4n) is 2.63. The summed E-state index contributed by atoms with van der Waals surface area (Å²) in [5, 5.41) is 2.91. The molecule has 0 bridgehead atoms. The average molecular weight is 379 g/mol. The second kappa shape index (κ2) is 8.26. The van der Waals surface area contributed by atoms with E-state index in [0.717, 1.165) is 4.57 Å². The topological polar surface area (TPSA) is 107 Å². The van der Waals surface area contributed by atoms with Crippen LogP contribution in [0.15, 0.2) is 59.7 Å². The summed E-state index contributed by atoms with van der Waals surface area (Å²) < 4.78 is 6.04. The fourth-order valence-corrected chi connectivity index (χ4v) is 2.63. The van der Waals surface area contributed by atoms with E-state index in [2.05, 4.69) is 10.3 Å². The molecule has 0 unspecified atom stereocenters. The van der Waals surface area contributed by atoms with Crippen molar-refractivity contribution in [1.82, 2.24) is 9.55 Å². The number of hydrogen-bond acceptors (Lipinski definition) is 6. The number of ether oxygens (including phenoxy) is 1. The minimum atomic E-state index is -0.755. The van der Waals surface area contributed by atoms with Crippen molar-refractivity contribution in [2.45, 2.75) is 13.5 Å². The molecule has 0 aliphatic rings. The molecule has 0 saturated heterocycles. The van der Waals surface area contributed by atoms with Gasteiger partial charge in [0.25, 0.3) is 11.5 Å². The highest BCUT2D eigenvalue weighted by Crippen LogP contribution is 2.15. The molecule has 1 aromatic heterocycles. The first-order valence-corrected chi connectivity index (χ1v) is 8.45. The third kappa shape index (κ3) is 4.29. The molecule has 28 heavy (non-hydrogen) atoms. The lowest BCUT2D eigenvalue weighted by Crippen LogP contribution is -2.28. The fraction of sp³-hybridized carbons (Fsp3) is 0.150. The minimum Gasteiger partial charge on any atom is -0.454 e. The highest BCUT2D eigenvalue weighted by Gasteiger charge is 2.13. The van der Waals surface area contributed by atoms with Crippen LogP contribution < -0.4 is 10.9 Å². The van der Waals surface area contributed by atoms with Crippen LogP contribution in [0.2, 0.25) is 0 Å². The molecule has 1 N–H and O–H groups in total. The van der Waals surface area contributed by atoms with Crippen molar-refractivity contribution in [2.24, 2.45) is 0 Å². The van der Waals surface area contributed by atoms with Gasteiger partial charge < -0.3 is 10.1 Å². The Morgan fingerprint density at radius 2 is 1.79 bits per heavy atom. The molecule has 0 atom stereocenters. The lowest BCUT2D eigenvalue weighted by atomic mass is 10.1. The van der Waals surface area contributed by atoms with Crippen LogP contribution >= 0.6 is 0 Å². The van der Waals surface area contributed by atoms with E-state index in [1.54, 1.807) is 48.5 Å². The molecule has 8 nitrogen and oxygen atoms in total. The number of nitrogens with zero attached hydrogens (tertiary/aromatic N) is 2. The van der Waals surface area contributed by atoms with Crippen LogP contribution in [0.3, 0.4) is 0 Å². The molecule has 142 valence electrons. The molecular weight excluding hydrogens is 362 g/mol. The highest BCUT2D eigenvalue weighted by molar-refractivity contribution is 6.04. The first-order chi connectivity index (χ1) is 13.5. The minimum absolute atomic E-state index is 0.198. The third-order valence-corrected chi connectivity index (χ3v) is 3.98. The van der Waals surface area contributed by atoms with E-state index >= 15 is 0 Å². The van der Waals surface area contributed by atoms with Crippen LogP contribution in [0, 0.1) is 0 Å². The van der Waals surface area contributed by atoms with Gasteiger partial charge in [0.2, 0.25) is 0 Å². The van der Waals surface area contributed by atoms with Crippen LogP contribution in [0.25, 0.3) is 10.9 Å². The van der Waals surface area contributed by atoms with Gasteiger partial charge in [-0.2, -0.15) is 0 Å². The van der Waals surface area contributed by atoms with Gasteiger partial charge in [-0.3, -0.25) is 23.7 Å². The maximum Gasteiger partial charge on any atom is 0.326 e. The van der Waals surface area contributed by atoms with Gasteiger partial charge in [-0.1, -0.05) is 24.3 Å². The maximum absolute atomic E-state index is 12.3. The van der Waals surface area contributed by atoms with E-state index in [-0.39, 0.29) is 17.9 Å². The number of Topliss-reactive ketones (excluding diaryl/α,β-unsaturated/α-hetero) is 1. The number of carbonyl (C=O) groups is 3. The first-order valence-electron chi connectivity index (χ1n) is 8.45. The van der Waals surface area contributed by atoms with Crippen LogP contribution in [0.4, 0.5) is 5.69 Å². The Labute approximate surface area is 159 Å². The third-order valence-electron chi connectivity index (χ3n) is 3.98. The zero-order valence-corrected chi connectivity index (χ0v) is 15.0. The molecule has 2 aromatic carbocycles. The Bertz CT molecular complexity index is 1120. The smallest absolute Gasteiger partial charge is 0.326 e. The van der Waals surface area contributed by atoms with Crippen LogP contribution in [0.5, 0.6) is 0 Å². The van der Waals surface area contributed by atoms with E-state index in [1.807, 2.05) is 0 Å². The van der Waals surface area contributed by atoms with Crippen molar-refractivity contribution in [3.8, 4) is 0 Å². The number of esters is 1. The summed E-state index contributed by atoms with van der Waals surface area (Å²) >= 11 is 0. The number of hydrogen-bond donors (Lipinski definition) is 1. The summed E-state index contributed by atoms with van der Waals surface area (Å²) in [5.41, 5.74) is 0.852. The van der Waals surface area contributed by atoms with Crippen molar-refractivity contribution < 1.29 is 19.1 Å². The normalized spacial score (nSPS) is 10.5. The van der Waals surface area contributed by atoms with Crippen molar-refractivity contribution in [3.63, 3.8) is 0 Å². The molecule has 0 aliphatic heterocycles. The van der Waals surface area contributed by atoms with Gasteiger partial charge in [-0.05, 0) is 31.2 Å². The predicted octanol–water partition coefficient (Wildman–Crippen LogP) is 1.78. The number of nitrogens with one attached hydrogen (secondary N) is 1. The van der Waals surface area contributed by atoms with Gasteiger partial charge in [0.1, 0.15) is 6.54 Å². The molecule has 0 spiro atoms. The SMILES string of the molecule is CC(=O)c1ccccc1NC(=O)COC(=O)Cn1cnc2ccccc2c1=O. The number of anilines is 1. The Balaban J connectivity index is 1.60. The number of fused-ring (bicyclic) bond motifs is 1. The summed E-state index contributed by atoms with van der Waals surface area (Å²) in [7, 11) is 0. The van der Waals surface area contributed by atoms with E-state index in [0.29, 0.717) is 22.2 Å². The number of benzene rings is 2. The monoisotopic (exact) mass is 379 g/mol. The Morgan fingerprint density at radius 3 is 2.57 bits per heavy atom. The first kappa shape index (κ1) is 19.0. The van der Waals surface area contributed by atoms with Gasteiger partial charge in [-0.15, -0.1) is 0 Å². The van der Waals surface area contributed by atoms with Crippen molar-refractivity contribution >= 4 is 34.3 Å². The van der Waals surface area contributed by atoms with Gasteiger partial charge >= 0.3 is 5.97 Å². The van der Waals surface area contributed by atoms with Crippen molar-refractivity contribution in [2.75, 3.05) is 11.9 Å². The molecule has 0 saturated carbocycles. The molecule has 8 heteroatoms. The average Bonchev–Trinajstić information content (AvgIpc) is 2.69. The summed E-state index contributed by atoms with van der Waals surface area (Å²) in [6, 6.07) is 13.3. The van der Waals surface area contributed by atoms with E-state index in [9.17, 15) is 19.2 Å². The maximum atomic E-state index is 12.3. The lowest BCUT2D eigenvalue weighted by Gasteiger charge is -2.10. The Morgan fingerprint density at radius 1 is 1.07 bits per heavy atom. The molecule has 0 aliphatic carbocycles. The van der Waals surface area contributed by atoms with E-state index < -0.39 is 18.5 Å². The molecule has 3 rings (SSSR count). The Hall–Kier alpha value is -3.81. The van der Waals surface area contributed by atoms with E-state index in [1.165, 1.54) is 13.3 Å². The second-order valence-electron chi connectivity index (χ2n) is 6.01.